The second kappa shape index (κ2) is 12.2. The number of ether oxygens (including phenoxy) is 2. The molecule has 0 spiro atoms. The van der Waals surface area contributed by atoms with Crippen molar-refractivity contribution in [3.8, 4) is 17.6 Å². The molecule has 0 fully saturated rings. The molecule has 7 nitrogen and oxygen atoms in total. The summed E-state index contributed by atoms with van der Waals surface area (Å²) < 4.78 is 12.5. The number of hydrogen-bond acceptors (Lipinski definition) is 5. The number of carbonyl (C=O) groups excluding carboxylic acids is 1. The quantitative estimate of drug-likeness (QED) is 0.175. The third-order valence-corrected chi connectivity index (χ3v) is 6.16. The number of amides is 1. The van der Waals surface area contributed by atoms with Crippen molar-refractivity contribution < 1.29 is 24.2 Å². The van der Waals surface area contributed by atoms with Gasteiger partial charge in [0.25, 0.3) is 5.91 Å². The van der Waals surface area contributed by atoms with E-state index in [0.29, 0.717) is 29.4 Å². The number of aromatic carboxylic acids is 1. The van der Waals surface area contributed by atoms with Gasteiger partial charge in [0.2, 0.25) is 0 Å². The Kier molecular flexibility index (Phi) is 9.08. The Hall–Kier alpha value is -3.84. The summed E-state index contributed by atoms with van der Waals surface area (Å²) in [5.74, 6) is -0.489. The minimum Gasteiger partial charge on any atom is -0.490 e. The topological polar surface area (TPSA) is 109 Å². The second-order valence-corrected chi connectivity index (χ2v) is 9.14. The molecule has 3 rings (SSSR count). The van der Waals surface area contributed by atoms with Crippen LogP contribution in [-0.4, -0.2) is 23.6 Å². The molecule has 0 saturated carbocycles. The monoisotopic (exact) mass is 596 g/mol. The van der Waals surface area contributed by atoms with Crippen molar-refractivity contribution in [3.63, 3.8) is 0 Å². The van der Waals surface area contributed by atoms with E-state index in [4.69, 9.17) is 14.6 Å². The van der Waals surface area contributed by atoms with Crippen molar-refractivity contribution >= 4 is 46.2 Å². The number of aryl methyl sites for hydroxylation is 2. The molecule has 0 aliphatic carbocycles. The Morgan fingerprint density at radius 3 is 2.39 bits per heavy atom. The van der Waals surface area contributed by atoms with Gasteiger partial charge < -0.3 is 19.9 Å². The van der Waals surface area contributed by atoms with Gasteiger partial charge in [0, 0.05) is 5.69 Å². The highest BCUT2D eigenvalue weighted by atomic mass is 127. The molecular formula is C28H25IN2O5. The Bertz CT molecular complexity index is 1360. The molecule has 3 aromatic carbocycles. The van der Waals surface area contributed by atoms with Crippen LogP contribution in [0.1, 0.15) is 39.5 Å². The summed E-state index contributed by atoms with van der Waals surface area (Å²) >= 11 is 2.11. The van der Waals surface area contributed by atoms with E-state index < -0.39 is 11.9 Å². The predicted octanol–water partition coefficient (Wildman–Crippen LogP) is 6.13. The minimum absolute atomic E-state index is 0.0429. The van der Waals surface area contributed by atoms with E-state index in [9.17, 15) is 14.9 Å². The van der Waals surface area contributed by atoms with Crippen molar-refractivity contribution in [3.05, 3.63) is 91.6 Å². The Morgan fingerprint density at radius 2 is 1.78 bits per heavy atom. The number of nitriles is 1. The molecule has 0 radical (unpaired) electrons. The van der Waals surface area contributed by atoms with Gasteiger partial charge in [-0.2, -0.15) is 5.26 Å². The molecule has 8 heteroatoms. The van der Waals surface area contributed by atoms with Crippen LogP contribution in [0.5, 0.6) is 11.5 Å². The molecule has 0 aliphatic rings. The average molecular weight is 596 g/mol. The molecule has 0 bridgehead atoms. The minimum atomic E-state index is -0.987. The maximum Gasteiger partial charge on any atom is 0.335 e. The fraction of sp³-hybridized carbons (Fsp3) is 0.179. The molecule has 0 aromatic heterocycles. The van der Waals surface area contributed by atoms with Crippen molar-refractivity contribution in [1.82, 2.24) is 0 Å². The van der Waals surface area contributed by atoms with Crippen LogP contribution in [0.25, 0.3) is 6.08 Å². The Balaban J connectivity index is 1.82. The third kappa shape index (κ3) is 6.86. The smallest absolute Gasteiger partial charge is 0.335 e. The zero-order valence-corrected chi connectivity index (χ0v) is 22.3. The van der Waals surface area contributed by atoms with Crippen molar-refractivity contribution in [2.75, 3.05) is 11.9 Å². The van der Waals surface area contributed by atoms with Gasteiger partial charge in [0.15, 0.2) is 11.5 Å². The first kappa shape index (κ1) is 26.8. The van der Waals surface area contributed by atoms with Crippen molar-refractivity contribution in [2.45, 2.75) is 27.4 Å². The molecular weight excluding hydrogens is 571 g/mol. The summed E-state index contributed by atoms with van der Waals surface area (Å²) in [5, 5.41) is 21.4. The molecule has 0 unspecified atom stereocenters. The van der Waals surface area contributed by atoms with E-state index >= 15 is 0 Å². The molecule has 1 amide bonds. The van der Waals surface area contributed by atoms with Gasteiger partial charge >= 0.3 is 5.97 Å². The summed E-state index contributed by atoms with van der Waals surface area (Å²) in [4.78, 5) is 23.8. The van der Waals surface area contributed by atoms with Crippen LogP contribution >= 0.6 is 22.6 Å². The van der Waals surface area contributed by atoms with Gasteiger partial charge in [-0.3, -0.25) is 4.79 Å². The summed E-state index contributed by atoms with van der Waals surface area (Å²) in [6, 6.07) is 17.5. The number of nitrogens with one attached hydrogen (secondary N) is 1. The predicted molar refractivity (Wildman–Crippen MR) is 146 cm³/mol. The fourth-order valence-corrected chi connectivity index (χ4v) is 4.09. The lowest BCUT2D eigenvalue weighted by Gasteiger charge is -2.15. The number of anilines is 1. The first-order valence-electron chi connectivity index (χ1n) is 11.1. The van der Waals surface area contributed by atoms with Gasteiger partial charge in [-0.25, -0.2) is 4.79 Å². The van der Waals surface area contributed by atoms with Crippen LogP contribution in [0.2, 0.25) is 0 Å². The molecule has 2 N–H and O–H groups in total. The fourth-order valence-electron chi connectivity index (χ4n) is 3.31. The summed E-state index contributed by atoms with van der Waals surface area (Å²) in [6.45, 7) is 6.40. The zero-order valence-electron chi connectivity index (χ0n) is 20.1. The molecule has 0 saturated heterocycles. The largest absolute Gasteiger partial charge is 0.490 e. The van der Waals surface area contributed by atoms with Crippen molar-refractivity contribution in [2.24, 2.45) is 0 Å². The van der Waals surface area contributed by atoms with Crippen LogP contribution in [0.3, 0.4) is 0 Å². The molecule has 36 heavy (non-hydrogen) atoms. The molecule has 3 aromatic rings. The maximum absolute atomic E-state index is 12.7. The summed E-state index contributed by atoms with van der Waals surface area (Å²) in [5.41, 5.74) is 4.35. The van der Waals surface area contributed by atoms with E-state index in [2.05, 4.69) is 27.9 Å². The first-order valence-corrected chi connectivity index (χ1v) is 12.2. The standard InChI is InChI=1S/C28H25IN2O5/c1-4-35-25-14-20(12-22(15-30)27(32)31-23-10-5-17(2)18(3)11-23)13-24(29)26(25)36-16-19-6-8-21(9-7-19)28(33)34/h5-14H,4,16H2,1-3H3,(H,31,32)(H,33,34)/b22-12+. The Morgan fingerprint density at radius 1 is 1.06 bits per heavy atom. The molecule has 0 atom stereocenters. The maximum atomic E-state index is 12.7. The highest BCUT2D eigenvalue weighted by Crippen LogP contribution is 2.35. The summed E-state index contributed by atoms with van der Waals surface area (Å²) in [6.07, 6.45) is 1.51. The number of halogens is 1. The number of nitrogens with zero attached hydrogens (tertiary/aromatic N) is 1. The lowest BCUT2D eigenvalue weighted by atomic mass is 10.1. The van der Waals surface area contributed by atoms with E-state index in [1.807, 2.05) is 39.0 Å². The van der Waals surface area contributed by atoms with Gasteiger partial charge in [-0.15, -0.1) is 0 Å². The van der Waals surface area contributed by atoms with Crippen molar-refractivity contribution in [1.29, 1.82) is 5.26 Å². The zero-order chi connectivity index (χ0) is 26.2. The third-order valence-electron chi connectivity index (χ3n) is 5.36. The van der Waals surface area contributed by atoms with E-state index in [1.54, 1.807) is 30.3 Å². The van der Waals surface area contributed by atoms with Crippen LogP contribution < -0.4 is 14.8 Å². The molecule has 0 heterocycles. The second-order valence-electron chi connectivity index (χ2n) is 7.98. The molecule has 184 valence electrons. The van der Waals surface area contributed by atoms with Gasteiger partial charge in [-0.05, 0) is 108 Å². The van der Waals surface area contributed by atoms with Gasteiger partial charge in [0.05, 0.1) is 15.7 Å². The number of carboxylic acids is 1. The van der Waals surface area contributed by atoms with Gasteiger partial charge in [-0.1, -0.05) is 18.2 Å². The first-order chi connectivity index (χ1) is 17.2. The average Bonchev–Trinajstić information content (AvgIpc) is 2.84. The number of rotatable bonds is 9. The molecule has 0 aliphatic heterocycles. The van der Waals surface area contributed by atoms with E-state index in [0.717, 1.165) is 20.3 Å². The lowest BCUT2D eigenvalue weighted by molar-refractivity contribution is -0.112. The lowest BCUT2D eigenvalue weighted by Crippen LogP contribution is -2.13. The highest BCUT2D eigenvalue weighted by Gasteiger charge is 2.15. The number of benzene rings is 3. The SMILES string of the molecule is CCOc1cc(/C=C(\C#N)C(=O)Nc2ccc(C)c(C)c2)cc(I)c1OCc1ccc(C(=O)O)cc1. The van der Waals surface area contributed by atoms with Crippen LogP contribution in [0.4, 0.5) is 5.69 Å². The van der Waals surface area contributed by atoms with Gasteiger partial charge in [0.1, 0.15) is 18.2 Å². The number of carboxylic acid groups (broad SMARTS) is 1. The summed E-state index contributed by atoms with van der Waals surface area (Å²) in [7, 11) is 0. The van der Waals surface area contributed by atoms with E-state index in [-0.39, 0.29) is 17.7 Å². The number of hydrogen-bond donors (Lipinski definition) is 2. The van der Waals surface area contributed by atoms with Crippen LogP contribution in [-0.2, 0) is 11.4 Å². The normalized spacial score (nSPS) is 10.9. The van der Waals surface area contributed by atoms with Crippen LogP contribution in [0, 0.1) is 28.7 Å². The number of carbonyl (C=O) groups is 2. The van der Waals surface area contributed by atoms with E-state index in [1.165, 1.54) is 18.2 Å². The van der Waals surface area contributed by atoms with Crippen LogP contribution in [0.15, 0.2) is 60.2 Å². The highest BCUT2D eigenvalue weighted by molar-refractivity contribution is 14.1. The Labute approximate surface area is 223 Å².